The van der Waals surface area contributed by atoms with Gasteiger partial charge in [-0.25, -0.2) is 0 Å². The number of aliphatic hydroxyl groups is 1. The Kier molecular flexibility index (Phi) is 3.38. The number of carbonyl (C=O) groups is 1. The van der Waals surface area contributed by atoms with Gasteiger partial charge in [-0.3, -0.25) is 4.79 Å². The molecule has 1 aliphatic rings. The minimum atomic E-state index is -0.201. The van der Waals surface area contributed by atoms with Crippen molar-refractivity contribution >= 4 is 17.2 Å². The second kappa shape index (κ2) is 4.77. The number of aryl methyl sites for hydroxylation is 1. The highest BCUT2D eigenvalue weighted by Gasteiger charge is 2.27. The van der Waals surface area contributed by atoms with E-state index in [1.165, 1.54) is 4.88 Å². The maximum absolute atomic E-state index is 11.5. The van der Waals surface area contributed by atoms with Crippen LogP contribution in [0.3, 0.4) is 0 Å². The largest absolute Gasteiger partial charge is 0.393 e. The van der Waals surface area contributed by atoms with Crippen LogP contribution in [0.2, 0.25) is 0 Å². The third kappa shape index (κ3) is 3.04. The Hall–Kier alpha value is -0.870. The molecule has 15 heavy (non-hydrogen) atoms. The van der Waals surface area contributed by atoms with Gasteiger partial charge in [-0.2, -0.15) is 0 Å². The van der Waals surface area contributed by atoms with Crippen molar-refractivity contribution in [2.24, 2.45) is 0 Å². The van der Waals surface area contributed by atoms with Crippen LogP contribution in [0, 0.1) is 0 Å². The molecule has 1 aromatic rings. The van der Waals surface area contributed by atoms with Gasteiger partial charge in [0.25, 0.3) is 0 Å². The molecule has 0 atom stereocenters. The SMILES string of the molecule is O=C(CCc1cccs1)NC1CC(O)C1. The van der Waals surface area contributed by atoms with Crippen LogP contribution in [-0.4, -0.2) is 23.2 Å². The fourth-order valence-corrected chi connectivity index (χ4v) is 2.41. The molecule has 1 saturated carbocycles. The zero-order valence-corrected chi connectivity index (χ0v) is 9.30. The van der Waals surface area contributed by atoms with Crippen LogP contribution >= 0.6 is 11.3 Å². The van der Waals surface area contributed by atoms with E-state index < -0.39 is 0 Å². The van der Waals surface area contributed by atoms with Crippen molar-refractivity contribution in [2.75, 3.05) is 0 Å². The average molecular weight is 225 g/mol. The Labute approximate surface area is 93.1 Å². The van der Waals surface area contributed by atoms with Crippen molar-refractivity contribution in [1.29, 1.82) is 0 Å². The Bertz CT molecular complexity index is 317. The monoisotopic (exact) mass is 225 g/mol. The summed E-state index contributed by atoms with van der Waals surface area (Å²) in [5.41, 5.74) is 0. The van der Waals surface area contributed by atoms with Crippen LogP contribution in [0.1, 0.15) is 24.1 Å². The van der Waals surface area contributed by atoms with Gasteiger partial charge in [-0.1, -0.05) is 6.07 Å². The number of amides is 1. The standard InChI is InChI=1S/C11H15NO2S/c13-9-6-8(7-9)12-11(14)4-3-10-2-1-5-15-10/h1-2,5,8-9,13H,3-4,6-7H2,(H,12,14). The van der Waals surface area contributed by atoms with E-state index in [1.807, 2.05) is 17.5 Å². The number of thiophene rings is 1. The molecule has 4 heteroatoms. The van der Waals surface area contributed by atoms with Crippen LogP contribution in [0.15, 0.2) is 17.5 Å². The van der Waals surface area contributed by atoms with Gasteiger partial charge >= 0.3 is 0 Å². The number of hydrogen-bond donors (Lipinski definition) is 2. The summed E-state index contributed by atoms with van der Waals surface area (Å²) >= 11 is 1.68. The molecule has 82 valence electrons. The first-order chi connectivity index (χ1) is 7.24. The number of hydrogen-bond acceptors (Lipinski definition) is 3. The van der Waals surface area contributed by atoms with Crippen LogP contribution in [0.5, 0.6) is 0 Å². The van der Waals surface area contributed by atoms with E-state index in [2.05, 4.69) is 5.32 Å². The maximum Gasteiger partial charge on any atom is 0.220 e. The predicted molar refractivity (Wildman–Crippen MR) is 59.8 cm³/mol. The first-order valence-corrected chi connectivity index (χ1v) is 6.12. The highest BCUT2D eigenvalue weighted by atomic mass is 32.1. The summed E-state index contributed by atoms with van der Waals surface area (Å²) < 4.78 is 0. The average Bonchev–Trinajstić information content (AvgIpc) is 2.65. The number of rotatable bonds is 4. The van der Waals surface area contributed by atoms with Gasteiger partial charge < -0.3 is 10.4 Å². The van der Waals surface area contributed by atoms with E-state index >= 15 is 0 Å². The van der Waals surface area contributed by atoms with E-state index in [0.717, 1.165) is 6.42 Å². The van der Waals surface area contributed by atoms with Gasteiger partial charge in [0.15, 0.2) is 0 Å². The molecule has 0 bridgehead atoms. The summed E-state index contributed by atoms with van der Waals surface area (Å²) in [6.07, 6.45) is 2.59. The topological polar surface area (TPSA) is 49.3 Å². The molecule has 0 spiro atoms. The Balaban J connectivity index is 1.65. The van der Waals surface area contributed by atoms with Crippen molar-refractivity contribution < 1.29 is 9.90 Å². The highest BCUT2D eigenvalue weighted by Crippen LogP contribution is 2.19. The Morgan fingerprint density at radius 2 is 2.40 bits per heavy atom. The number of carbonyl (C=O) groups excluding carboxylic acids is 1. The summed E-state index contributed by atoms with van der Waals surface area (Å²) in [7, 11) is 0. The molecule has 1 amide bonds. The van der Waals surface area contributed by atoms with Gasteiger partial charge in [0, 0.05) is 17.3 Å². The van der Waals surface area contributed by atoms with E-state index in [4.69, 9.17) is 5.11 Å². The second-order valence-corrected chi connectivity index (χ2v) is 5.00. The Morgan fingerprint density at radius 3 is 3.00 bits per heavy atom. The first kappa shape index (κ1) is 10.6. The molecule has 0 unspecified atom stereocenters. The maximum atomic E-state index is 11.5. The van der Waals surface area contributed by atoms with E-state index in [1.54, 1.807) is 11.3 Å². The van der Waals surface area contributed by atoms with Gasteiger partial charge in [-0.15, -0.1) is 11.3 Å². The van der Waals surface area contributed by atoms with Crippen LogP contribution < -0.4 is 5.32 Å². The molecule has 0 saturated heterocycles. The third-order valence-corrected chi connectivity index (χ3v) is 3.59. The van der Waals surface area contributed by atoms with E-state index in [9.17, 15) is 4.79 Å². The molecule has 2 N–H and O–H groups in total. The quantitative estimate of drug-likeness (QED) is 0.812. The lowest BCUT2D eigenvalue weighted by atomic mass is 9.89. The van der Waals surface area contributed by atoms with Crippen molar-refractivity contribution in [3.05, 3.63) is 22.4 Å². The molecule has 3 nitrogen and oxygen atoms in total. The lowest BCUT2D eigenvalue weighted by Gasteiger charge is -2.31. The molecule has 0 radical (unpaired) electrons. The van der Waals surface area contributed by atoms with E-state index in [0.29, 0.717) is 19.3 Å². The molecular weight excluding hydrogens is 210 g/mol. The van der Waals surface area contributed by atoms with Crippen molar-refractivity contribution in [3.63, 3.8) is 0 Å². The molecule has 1 aliphatic carbocycles. The summed E-state index contributed by atoms with van der Waals surface area (Å²) in [6, 6.07) is 4.25. The molecule has 0 aromatic carbocycles. The van der Waals surface area contributed by atoms with Crippen molar-refractivity contribution in [1.82, 2.24) is 5.32 Å². The second-order valence-electron chi connectivity index (χ2n) is 3.97. The smallest absolute Gasteiger partial charge is 0.220 e. The summed E-state index contributed by atoms with van der Waals surface area (Å²) in [5, 5.41) is 14.0. The normalized spacial score (nSPS) is 24.6. The molecule has 1 aromatic heterocycles. The molecule has 1 heterocycles. The van der Waals surface area contributed by atoms with Gasteiger partial charge in [0.05, 0.1) is 6.10 Å². The third-order valence-electron chi connectivity index (χ3n) is 2.66. The highest BCUT2D eigenvalue weighted by molar-refractivity contribution is 7.09. The zero-order chi connectivity index (χ0) is 10.7. The summed E-state index contributed by atoms with van der Waals surface area (Å²) in [4.78, 5) is 12.7. The zero-order valence-electron chi connectivity index (χ0n) is 8.48. The fourth-order valence-electron chi connectivity index (χ4n) is 1.70. The minimum absolute atomic E-state index is 0.0975. The van der Waals surface area contributed by atoms with Crippen molar-refractivity contribution in [3.8, 4) is 0 Å². The Morgan fingerprint density at radius 1 is 1.60 bits per heavy atom. The molecule has 1 fully saturated rings. The fraction of sp³-hybridized carbons (Fsp3) is 0.545. The van der Waals surface area contributed by atoms with Crippen LogP contribution in [-0.2, 0) is 11.2 Å². The lowest BCUT2D eigenvalue weighted by Crippen LogP contribution is -2.46. The number of aliphatic hydroxyl groups excluding tert-OH is 1. The van der Waals surface area contributed by atoms with Gasteiger partial charge in [-0.05, 0) is 30.7 Å². The van der Waals surface area contributed by atoms with Crippen molar-refractivity contribution in [2.45, 2.75) is 37.8 Å². The summed E-state index contributed by atoms with van der Waals surface area (Å²) in [6.45, 7) is 0. The van der Waals surface area contributed by atoms with Gasteiger partial charge in [0.2, 0.25) is 5.91 Å². The summed E-state index contributed by atoms with van der Waals surface area (Å²) in [5.74, 6) is 0.0975. The molecule has 2 rings (SSSR count). The van der Waals surface area contributed by atoms with E-state index in [-0.39, 0.29) is 18.1 Å². The molecular formula is C11H15NO2S. The number of nitrogens with one attached hydrogen (secondary N) is 1. The first-order valence-electron chi connectivity index (χ1n) is 5.24. The molecule has 0 aliphatic heterocycles. The predicted octanol–water partition coefficient (Wildman–Crippen LogP) is 1.32. The minimum Gasteiger partial charge on any atom is -0.393 e. The van der Waals surface area contributed by atoms with Gasteiger partial charge in [0.1, 0.15) is 0 Å². The lowest BCUT2D eigenvalue weighted by molar-refractivity contribution is -0.123. The van der Waals surface area contributed by atoms with Crippen LogP contribution in [0.25, 0.3) is 0 Å². The van der Waals surface area contributed by atoms with Crippen LogP contribution in [0.4, 0.5) is 0 Å².